The minimum atomic E-state index is -4.78. The molecule has 3 aromatic rings. The molecule has 0 fully saturated rings. The summed E-state index contributed by atoms with van der Waals surface area (Å²) in [4.78, 5) is 33.1. The fourth-order valence-electron chi connectivity index (χ4n) is 2.81. The van der Waals surface area contributed by atoms with Crippen molar-refractivity contribution < 1.29 is 22.4 Å². The van der Waals surface area contributed by atoms with Crippen LogP contribution in [0.5, 0.6) is 0 Å². The maximum Gasteiger partial charge on any atom is 0.427 e. The third-order valence-electron chi connectivity index (χ3n) is 4.07. The number of alkyl halides is 3. The van der Waals surface area contributed by atoms with Crippen LogP contribution >= 0.6 is 11.3 Å². The molecule has 3 rings (SSSR count). The van der Waals surface area contributed by atoms with Gasteiger partial charge >= 0.3 is 6.18 Å². The highest BCUT2D eigenvalue weighted by Gasteiger charge is 2.39. The predicted octanol–water partition coefficient (Wildman–Crippen LogP) is 3.93. The van der Waals surface area contributed by atoms with Crippen molar-refractivity contribution in [2.75, 3.05) is 11.9 Å². The van der Waals surface area contributed by atoms with E-state index in [1.807, 2.05) is 0 Å². The van der Waals surface area contributed by atoms with Gasteiger partial charge in [0.05, 0.1) is 18.4 Å². The monoisotopic (exact) mass is 428 g/mol. The summed E-state index contributed by atoms with van der Waals surface area (Å²) in [6.45, 7) is 1.72. The Bertz CT molecular complexity index is 1110. The maximum absolute atomic E-state index is 13.5. The molecule has 154 valence electrons. The zero-order valence-electron chi connectivity index (χ0n) is 15.5. The summed E-state index contributed by atoms with van der Waals surface area (Å²) >= 11 is 0.261. The third kappa shape index (κ3) is 4.29. The van der Waals surface area contributed by atoms with Gasteiger partial charge in [0.15, 0.2) is 10.7 Å². The highest BCUT2D eigenvalue weighted by Crippen LogP contribution is 2.38. The Morgan fingerprint density at radius 2 is 2.03 bits per heavy atom. The molecule has 0 aliphatic heterocycles. The van der Waals surface area contributed by atoms with Crippen molar-refractivity contribution in [1.82, 2.24) is 14.4 Å². The number of fused-ring (bicyclic) bond motifs is 1. The summed E-state index contributed by atoms with van der Waals surface area (Å²) in [7, 11) is 1.62. The summed E-state index contributed by atoms with van der Waals surface area (Å²) in [5, 5.41) is 0. The molecule has 6 nitrogen and oxygen atoms in total. The molecule has 0 aliphatic rings. The van der Waals surface area contributed by atoms with Crippen molar-refractivity contribution in [3.05, 3.63) is 56.8 Å². The van der Waals surface area contributed by atoms with Crippen LogP contribution in [0, 0.1) is 5.82 Å². The van der Waals surface area contributed by atoms with Gasteiger partial charge in [0.2, 0.25) is 0 Å². The van der Waals surface area contributed by atoms with Crippen LogP contribution in [0.25, 0.3) is 4.96 Å². The second-order valence-corrected chi connectivity index (χ2v) is 7.32. The Hall–Kier alpha value is -2.82. The van der Waals surface area contributed by atoms with Crippen LogP contribution in [0.15, 0.2) is 29.2 Å². The second kappa shape index (κ2) is 7.90. The van der Waals surface area contributed by atoms with Crippen LogP contribution < -0.4 is 10.5 Å². The average molecular weight is 428 g/mol. The van der Waals surface area contributed by atoms with E-state index in [0.717, 1.165) is 16.7 Å². The lowest BCUT2D eigenvalue weighted by Crippen LogP contribution is -2.24. The number of thiazole rings is 1. The highest BCUT2D eigenvalue weighted by atomic mass is 32.1. The van der Waals surface area contributed by atoms with Crippen LogP contribution in [0.3, 0.4) is 0 Å². The first-order valence-corrected chi connectivity index (χ1v) is 9.42. The molecule has 0 atom stereocenters. The van der Waals surface area contributed by atoms with Crippen molar-refractivity contribution in [2.45, 2.75) is 32.5 Å². The van der Waals surface area contributed by atoms with Gasteiger partial charge in [-0.1, -0.05) is 18.3 Å². The number of carbonyl (C=O) groups is 1. The minimum absolute atomic E-state index is 0.0574. The number of nitrogens with zero attached hydrogens (tertiary/aromatic N) is 4. The fourth-order valence-corrected chi connectivity index (χ4v) is 3.85. The molecule has 3 aromatic heterocycles. The number of aromatic nitrogens is 3. The molecule has 11 heteroatoms. The fraction of sp³-hybridized carbons (Fsp3) is 0.333. The first-order chi connectivity index (χ1) is 13.6. The molecule has 0 aromatic carbocycles. The Balaban J connectivity index is 2.06. The van der Waals surface area contributed by atoms with E-state index in [1.165, 1.54) is 12.1 Å². The molecule has 0 spiro atoms. The van der Waals surface area contributed by atoms with Gasteiger partial charge in [-0.3, -0.25) is 9.59 Å². The third-order valence-corrected chi connectivity index (χ3v) is 5.16. The number of anilines is 1. The lowest BCUT2D eigenvalue weighted by molar-refractivity contribution is -0.134. The van der Waals surface area contributed by atoms with E-state index >= 15 is 0 Å². The molecule has 0 N–H and O–H groups in total. The van der Waals surface area contributed by atoms with E-state index in [1.54, 1.807) is 18.9 Å². The van der Waals surface area contributed by atoms with Crippen LogP contribution in [-0.4, -0.2) is 27.2 Å². The quantitative estimate of drug-likeness (QED) is 0.440. The van der Waals surface area contributed by atoms with E-state index in [4.69, 9.17) is 0 Å². The number of pyridine rings is 1. The molecule has 0 bridgehead atoms. The van der Waals surface area contributed by atoms with Crippen LogP contribution in [-0.2, 0) is 12.7 Å². The van der Waals surface area contributed by atoms with E-state index < -0.39 is 33.9 Å². The lowest BCUT2D eigenvalue weighted by atomic mass is 10.1. The van der Waals surface area contributed by atoms with Gasteiger partial charge in [-0.2, -0.15) is 13.2 Å². The smallest absolute Gasteiger partial charge is 0.354 e. The van der Waals surface area contributed by atoms with E-state index in [-0.39, 0.29) is 35.0 Å². The lowest BCUT2D eigenvalue weighted by Gasteiger charge is -2.17. The molecule has 0 radical (unpaired) electrons. The number of hydrogen-bond donors (Lipinski definition) is 0. The average Bonchev–Trinajstić information content (AvgIpc) is 3.03. The van der Waals surface area contributed by atoms with Crippen molar-refractivity contribution in [2.24, 2.45) is 0 Å². The SMILES string of the molecule is CCCC(=O)c1c(C(F)(F)F)sc2nc(CN(C)c3ccc(F)cn3)cc(=O)n12. The molecular formula is C18H16F4N4O2S. The van der Waals surface area contributed by atoms with E-state index in [9.17, 15) is 27.2 Å². The van der Waals surface area contributed by atoms with E-state index in [2.05, 4.69) is 9.97 Å². The molecule has 3 heterocycles. The summed E-state index contributed by atoms with van der Waals surface area (Å²) in [5.74, 6) is -0.868. The number of halogens is 4. The first-order valence-electron chi connectivity index (χ1n) is 8.60. The number of Topliss-reactive ketones (excluding diaryl/α,β-unsaturated/α-hetero) is 1. The minimum Gasteiger partial charge on any atom is -0.354 e. The van der Waals surface area contributed by atoms with Crippen molar-refractivity contribution in [1.29, 1.82) is 0 Å². The standard InChI is InChI=1S/C18H16F4N4O2S/c1-3-4-12(27)15-16(18(20,21)22)29-17-24-11(7-14(28)26(15)17)9-25(2)13-6-5-10(19)8-23-13/h5-8H,3-4,9H2,1-2H3. The Morgan fingerprint density at radius 1 is 1.31 bits per heavy atom. The van der Waals surface area contributed by atoms with Gasteiger partial charge in [0, 0.05) is 19.5 Å². The number of ketones is 1. The van der Waals surface area contributed by atoms with Gasteiger partial charge in [-0.15, -0.1) is 0 Å². The van der Waals surface area contributed by atoms with Gasteiger partial charge in [0.1, 0.15) is 22.2 Å². The Morgan fingerprint density at radius 3 is 2.62 bits per heavy atom. The van der Waals surface area contributed by atoms with Crippen molar-refractivity contribution in [3.63, 3.8) is 0 Å². The number of rotatable bonds is 6. The van der Waals surface area contributed by atoms with E-state index in [0.29, 0.717) is 12.2 Å². The Labute approximate surface area is 166 Å². The first kappa shape index (κ1) is 20.9. The Kier molecular flexibility index (Phi) is 5.69. The largest absolute Gasteiger partial charge is 0.427 e. The zero-order chi connectivity index (χ0) is 21.3. The van der Waals surface area contributed by atoms with Crippen LogP contribution in [0.4, 0.5) is 23.4 Å². The molecule has 29 heavy (non-hydrogen) atoms. The van der Waals surface area contributed by atoms with Gasteiger partial charge in [0.25, 0.3) is 5.56 Å². The normalized spacial score (nSPS) is 11.8. The number of hydrogen-bond acceptors (Lipinski definition) is 6. The molecule has 0 aliphatic carbocycles. The van der Waals surface area contributed by atoms with Crippen LogP contribution in [0.1, 0.15) is 40.8 Å². The summed E-state index contributed by atoms with van der Waals surface area (Å²) in [6, 6.07) is 3.72. The number of carbonyl (C=O) groups excluding carboxylic acids is 1. The maximum atomic E-state index is 13.5. The van der Waals surface area contributed by atoms with Crippen molar-refractivity contribution >= 4 is 27.9 Å². The summed E-state index contributed by atoms with van der Waals surface area (Å²) < 4.78 is 54.1. The summed E-state index contributed by atoms with van der Waals surface area (Å²) in [5.41, 5.74) is -1.23. The highest BCUT2D eigenvalue weighted by molar-refractivity contribution is 7.17. The molecule has 0 saturated heterocycles. The predicted molar refractivity (Wildman–Crippen MR) is 99.9 cm³/mol. The molecular weight excluding hydrogens is 412 g/mol. The van der Waals surface area contributed by atoms with Crippen LogP contribution in [0.2, 0.25) is 0 Å². The van der Waals surface area contributed by atoms with Gasteiger partial charge < -0.3 is 4.90 Å². The molecule has 0 amide bonds. The molecule has 0 saturated carbocycles. The summed E-state index contributed by atoms with van der Waals surface area (Å²) in [6.07, 6.45) is -3.51. The zero-order valence-corrected chi connectivity index (χ0v) is 16.3. The second-order valence-electron chi connectivity index (χ2n) is 6.35. The van der Waals surface area contributed by atoms with Gasteiger partial charge in [-0.25, -0.2) is 18.8 Å². The van der Waals surface area contributed by atoms with Gasteiger partial charge in [-0.05, 0) is 18.6 Å². The van der Waals surface area contributed by atoms with Crippen molar-refractivity contribution in [3.8, 4) is 0 Å². The topological polar surface area (TPSA) is 67.6 Å². The molecule has 0 unspecified atom stereocenters.